The molecule has 8 heteroatoms. The molecule has 3 heterocycles. The summed E-state index contributed by atoms with van der Waals surface area (Å²) in [6.45, 7) is 1.16. The van der Waals surface area contributed by atoms with Crippen LogP contribution in [0.4, 0.5) is 13.2 Å². The van der Waals surface area contributed by atoms with Gasteiger partial charge in [0.2, 0.25) is 5.91 Å². The lowest BCUT2D eigenvalue weighted by Gasteiger charge is -2.32. The summed E-state index contributed by atoms with van der Waals surface area (Å²) in [6.07, 6.45) is -0.270. The van der Waals surface area contributed by atoms with E-state index in [9.17, 15) is 18.0 Å². The minimum Gasteiger partial charge on any atom is -0.342 e. The highest BCUT2D eigenvalue weighted by atomic mass is 19.4. The molecule has 3 unspecified atom stereocenters. The van der Waals surface area contributed by atoms with Crippen LogP contribution in [0, 0.1) is 5.92 Å². The minimum atomic E-state index is -4.41. The molecule has 3 atom stereocenters. The largest absolute Gasteiger partial charge is 0.416 e. The number of rotatable bonds is 3. The number of aromatic nitrogens is 3. The molecule has 1 aliphatic heterocycles. The SMILES string of the molecule is O=C(C1CC1c1ccccc1C(F)(F)F)N1CCCC(c2nnc3ccccn23)C1. The van der Waals surface area contributed by atoms with Crippen LogP contribution in [0.25, 0.3) is 5.65 Å². The van der Waals surface area contributed by atoms with Crippen molar-refractivity contribution < 1.29 is 18.0 Å². The van der Waals surface area contributed by atoms with E-state index in [1.807, 2.05) is 28.8 Å². The molecule has 1 amide bonds. The monoisotopic (exact) mass is 414 g/mol. The van der Waals surface area contributed by atoms with E-state index in [1.165, 1.54) is 12.1 Å². The Hall–Kier alpha value is -2.90. The molecule has 0 bridgehead atoms. The van der Waals surface area contributed by atoms with Gasteiger partial charge in [-0.3, -0.25) is 9.20 Å². The summed E-state index contributed by atoms with van der Waals surface area (Å²) in [5.41, 5.74) is 0.374. The highest BCUT2D eigenvalue weighted by Gasteiger charge is 2.49. The highest BCUT2D eigenvalue weighted by Crippen LogP contribution is 2.52. The number of halogens is 3. The molecule has 1 aromatic carbocycles. The molecule has 0 radical (unpaired) electrons. The number of fused-ring (bicyclic) bond motifs is 1. The molecule has 2 aromatic heterocycles. The molecule has 156 valence electrons. The van der Waals surface area contributed by atoms with Crippen LogP contribution in [0.5, 0.6) is 0 Å². The van der Waals surface area contributed by atoms with Crippen molar-refractivity contribution in [3.63, 3.8) is 0 Å². The maximum Gasteiger partial charge on any atom is 0.416 e. The van der Waals surface area contributed by atoms with Crippen molar-refractivity contribution in [2.24, 2.45) is 5.92 Å². The van der Waals surface area contributed by atoms with E-state index in [0.717, 1.165) is 30.4 Å². The topological polar surface area (TPSA) is 50.5 Å². The molecule has 2 aliphatic rings. The van der Waals surface area contributed by atoms with Crippen molar-refractivity contribution in [1.29, 1.82) is 0 Å². The first-order valence-corrected chi connectivity index (χ1v) is 10.2. The van der Waals surface area contributed by atoms with Gasteiger partial charge in [0.1, 0.15) is 5.82 Å². The van der Waals surface area contributed by atoms with Gasteiger partial charge in [0, 0.05) is 31.1 Å². The second-order valence-electron chi connectivity index (χ2n) is 8.14. The lowest BCUT2D eigenvalue weighted by atomic mass is 9.96. The third-order valence-electron chi connectivity index (χ3n) is 6.21. The lowest BCUT2D eigenvalue weighted by molar-refractivity contribution is -0.139. The average Bonchev–Trinajstić information content (AvgIpc) is 3.44. The summed E-state index contributed by atoms with van der Waals surface area (Å²) < 4.78 is 42.0. The van der Waals surface area contributed by atoms with Gasteiger partial charge in [0.05, 0.1) is 5.56 Å². The van der Waals surface area contributed by atoms with Gasteiger partial charge < -0.3 is 4.90 Å². The van der Waals surface area contributed by atoms with Gasteiger partial charge in [0.15, 0.2) is 5.65 Å². The average molecular weight is 414 g/mol. The van der Waals surface area contributed by atoms with Crippen molar-refractivity contribution in [3.05, 3.63) is 65.6 Å². The van der Waals surface area contributed by atoms with E-state index < -0.39 is 11.7 Å². The number of amides is 1. The zero-order chi connectivity index (χ0) is 20.9. The van der Waals surface area contributed by atoms with E-state index in [4.69, 9.17) is 0 Å². The van der Waals surface area contributed by atoms with Crippen LogP contribution in [-0.4, -0.2) is 38.5 Å². The maximum absolute atomic E-state index is 13.3. The molecule has 3 aromatic rings. The van der Waals surface area contributed by atoms with E-state index in [2.05, 4.69) is 10.2 Å². The molecule has 1 saturated carbocycles. The van der Waals surface area contributed by atoms with Gasteiger partial charge in [-0.1, -0.05) is 24.3 Å². The molecule has 5 nitrogen and oxygen atoms in total. The number of nitrogens with zero attached hydrogens (tertiary/aromatic N) is 4. The lowest BCUT2D eigenvalue weighted by Crippen LogP contribution is -2.40. The quantitative estimate of drug-likeness (QED) is 0.644. The van der Waals surface area contributed by atoms with Crippen molar-refractivity contribution in [2.75, 3.05) is 13.1 Å². The van der Waals surface area contributed by atoms with Gasteiger partial charge in [0.25, 0.3) is 0 Å². The molecule has 2 fully saturated rings. The van der Waals surface area contributed by atoms with Crippen LogP contribution in [0.2, 0.25) is 0 Å². The van der Waals surface area contributed by atoms with E-state index in [1.54, 1.807) is 11.0 Å². The zero-order valence-corrected chi connectivity index (χ0v) is 16.2. The minimum absolute atomic E-state index is 0.0458. The number of carbonyl (C=O) groups excluding carboxylic acids is 1. The van der Waals surface area contributed by atoms with Gasteiger partial charge >= 0.3 is 6.18 Å². The molecular weight excluding hydrogens is 393 g/mol. The van der Waals surface area contributed by atoms with E-state index in [0.29, 0.717) is 19.5 Å². The predicted octanol–water partition coefficient (Wildman–Crippen LogP) is 4.26. The molecule has 1 saturated heterocycles. The Morgan fingerprint density at radius 3 is 2.70 bits per heavy atom. The Kier molecular flexibility index (Phi) is 4.52. The molecule has 30 heavy (non-hydrogen) atoms. The van der Waals surface area contributed by atoms with Crippen LogP contribution in [0.1, 0.15) is 48.0 Å². The fraction of sp³-hybridized carbons (Fsp3) is 0.409. The van der Waals surface area contributed by atoms with Gasteiger partial charge in [-0.25, -0.2) is 0 Å². The van der Waals surface area contributed by atoms with Crippen molar-refractivity contribution in [1.82, 2.24) is 19.5 Å². The number of alkyl halides is 3. The number of benzene rings is 1. The molecule has 5 rings (SSSR count). The summed E-state index contributed by atoms with van der Waals surface area (Å²) in [4.78, 5) is 14.9. The number of carbonyl (C=O) groups is 1. The second-order valence-corrected chi connectivity index (χ2v) is 8.14. The number of likely N-dealkylation sites (tertiary alicyclic amines) is 1. The van der Waals surface area contributed by atoms with Crippen LogP contribution in [-0.2, 0) is 11.0 Å². The van der Waals surface area contributed by atoms with E-state index >= 15 is 0 Å². The molecular formula is C22H21F3N4O. The summed E-state index contributed by atoms with van der Waals surface area (Å²) in [6, 6.07) is 11.3. The fourth-order valence-electron chi connectivity index (χ4n) is 4.65. The van der Waals surface area contributed by atoms with Crippen molar-refractivity contribution in [2.45, 2.75) is 37.3 Å². The number of piperidine rings is 1. The second kappa shape index (κ2) is 7.11. The Labute approximate surface area is 171 Å². The summed E-state index contributed by atoms with van der Waals surface area (Å²) in [5, 5.41) is 8.52. The first-order chi connectivity index (χ1) is 14.4. The summed E-state index contributed by atoms with van der Waals surface area (Å²) >= 11 is 0. The predicted molar refractivity (Wildman–Crippen MR) is 104 cm³/mol. The molecule has 0 spiro atoms. The summed E-state index contributed by atoms with van der Waals surface area (Å²) in [7, 11) is 0. The van der Waals surface area contributed by atoms with Gasteiger partial charge in [-0.05, 0) is 48.9 Å². The fourth-order valence-corrected chi connectivity index (χ4v) is 4.65. The molecule has 1 aliphatic carbocycles. The maximum atomic E-state index is 13.3. The normalized spacial score (nSPS) is 24.2. The standard InChI is InChI=1S/C22H21F3N4O/c23-22(24,25)18-8-2-1-7-15(18)16-12-17(16)21(30)28-10-5-6-14(13-28)20-27-26-19-9-3-4-11-29(19)20/h1-4,7-9,11,14,16-17H,5-6,10,12-13H2. The molecule has 0 N–H and O–H groups in total. The first kappa shape index (κ1) is 19.1. The summed E-state index contributed by atoms with van der Waals surface area (Å²) in [5.74, 6) is 0.125. The van der Waals surface area contributed by atoms with Crippen LogP contribution < -0.4 is 0 Å². The third-order valence-corrected chi connectivity index (χ3v) is 6.21. The highest BCUT2D eigenvalue weighted by molar-refractivity contribution is 5.83. The Balaban J connectivity index is 1.32. The van der Waals surface area contributed by atoms with E-state index in [-0.39, 0.29) is 29.2 Å². The van der Waals surface area contributed by atoms with Crippen LogP contribution in [0.15, 0.2) is 48.7 Å². The van der Waals surface area contributed by atoms with Crippen LogP contribution in [0.3, 0.4) is 0 Å². The van der Waals surface area contributed by atoms with Crippen molar-refractivity contribution in [3.8, 4) is 0 Å². The Morgan fingerprint density at radius 2 is 1.87 bits per heavy atom. The zero-order valence-electron chi connectivity index (χ0n) is 16.2. The number of pyridine rings is 1. The van der Waals surface area contributed by atoms with Crippen LogP contribution >= 0.6 is 0 Å². The smallest absolute Gasteiger partial charge is 0.342 e. The number of hydrogen-bond acceptors (Lipinski definition) is 3. The van der Waals surface area contributed by atoms with Gasteiger partial charge in [-0.2, -0.15) is 13.2 Å². The number of hydrogen-bond donors (Lipinski definition) is 0. The van der Waals surface area contributed by atoms with Crippen molar-refractivity contribution >= 4 is 11.6 Å². The first-order valence-electron chi connectivity index (χ1n) is 10.2. The Bertz CT molecular complexity index is 1090. The Morgan fingerprint density at radius 1 is 1.07 bits per heavy atom. The third kappa shape index (κ3) is 3.34. The van der Waals surface area contributed by atoms with Gasteiger partial charge in [-0.15, -0.1) is 10.2 Å².